The molecule has 3 heterocycles. The molecule has 0 bridgehead atoms. The maximum atomic E-state index is 13.1. The van der Waals surface area contributed by atoms with Gasteiger partial charge in [0.2, 0.25) is 0 Å². The Morgan fingerprint density at radius 3 is 2.40 bits per heavy atom. The van der Waals surface area contributed by atoms with E-state index in [1.807, 2.05) is 30.5 Å². The van der Waals surface area contributed by atoms with Crippen molar-refractivity contribution >= 4 is 11.7 Å². The fourth-order valence-electron chi connectivity index (χ4n) is 3.81. The summed E-state index contributed by atoms with van der Waals surface area (Å²) in [4.78, 5) is 30.5. The zero-order valence-electron chi connectivity index (χ0n) is 20.9. The Hall–Kier alpha value is -4.07. The summed E-state index contributed by atoms with van der Waals surface area (Å²) < 4.78 is 3.33. The number of hydrogen-bond acceptors (Lipinski definition) is 5. The lowest BCUT2D eigenvalue weighted by molar-refractivity contribution is 0.102. The number of rotatable bonds is 5. The number of pyridine rings is 2. The molecule has 4 rings (SSSR count). The highest BCUT2D eigenvalue weighted by Gasteiger charge is 2.18. The van der Waals surface area contributed by atoms with E-state index < -0.39 is 5.91 Å². The number of nitrogens with one attached hydrogen (secondary N) is 1. The predicted octanol–water partition coefficient (Wildman–Crippen LogP) is 4.84. The third-order valence-corrected chi connectivity index (χ3v) is 5.86. The van der Waals surface area contributed by atoms with Crippen LogP contribution in [-0.2, 0) is 12.5 Å². The molecule has 180 valence electrons. The van der Waals surface area contributed by atoms with Crippen LogP contribution in [0, 0.1) is 0 Å². The van der Waals surface area contributed by atoms with Crippen LogP contribution >= 0.6 is 0 Å². The molecule has 4 aromatic rings. The number of benzene rings is 1. The maximum Gasteiger partial charge on any atom is 0.263 e. The summed E-state index contributed by atoms with van der Waals surface area (Å²) in [6.45, 7) is 10.5. The SMILES string of the molecule is CC(C)n1cnnc1-c1cccc(NC(=O)c2cc(-c3ccc(C(C)(C)C)cc3)cn(C)c2=O)n1. The highest BCUT2D eigenvalue weighted by Crippen LogP contribution is 2.26. The summed E-state index contributed by atoms with van der Waals surface area (Å²) in [5.41, 5.74) is 3.20. The number of carbonyl (C=O) groups is 1. The van der Waals surface area contributed by atoms with Gasteiger partial charge in [0.15, 0.2) is 5.82 Å². The van der Waals surface area contributed by atoms with Gasteiger partial charge in [-0.1, -0.05) is 51.1 Å². The molecule has 35 heavy (non-hydrogen) atoms. The second kappa shape index (κ2) is 9.29. The lowest BCUT2D eigenvalue weighted by atomic mass is 9.86. The number of aromatic nitrogens is 5. The van der Waals surface area contributed by atoms with E-state index in [4.69, 9.17) is 0 Å². The first-order chi connectivity index (χ1) is 16.5. The zero-order chi connectivity index (χ0) is 25.3. The number of nitrogens with zero attached hydrogens (tertiary/aromatic N) is 5. The van der Waals surface area contributed by atoms with Crippen molar-refractivity contribution in [1.29, 1.82) is 0 Å². The molecule has 0 radical (unpaired) electrons. The Morgan fingerprint density at radius 2 is 1.74 bits per heavy atom. The van der Waals surface area contributed by atoms with Gasteiger partial charge in [0.25, 0.3) is 11.5 Å². The standard InChI is InChI=1S/C27H30N6O2/c1-17(2)33-16-28-31-24(33)22-8-7-9-23(29-22)30-25(34)21-14-19(15-32(6)26(21)35)18-10-12-20(13-11-18)27(3,4)5/h7-17H,1-6H3,(H,29,30,34). The molecular formula is C27H30N6O2. The quantitative estimate of drug-likeness (QED) is 0.451. The molecular weight excluding hydrogens is 440 g/mol. The number of anilines is 1. The van der Waals surface area contributed by atoms with E-state index >= 15 is 0 Å². The van der Waals surface area contributed by atoms with Gasteiger partial charge in [-0.3, -0.25) is 9.59 Å². The summed E-state index contributed by atoms with van der Waals surface area (Å²) >= 11 is 0. The average molecular weight is 471 g/mol. The normalized spacial score (nSPS) is 11.6. The van der Waals surface area contributed by atoms with Crippen LogP contribution < -0.4 is 10.9 Å². The van der Waals surface area contributed by atoms with Gasteiger partial charge < -0.3 is 14.5 Å². The second-order valence-electron chi connectivity index (χ2n) is 9.90. The molecule has 1 N–H and O–H groups in total. The third kappa shape index (κ3) is 5.06. The molecule has 1 amide bonds. The minimum Gasteiger partial charge on any atom is -0.317 e. The Kier molecular flexibility index (Phi) is 6.39. The predicted molar refractivity (Wildman–Crippen MR) is 137 cm³/mol. The smallest absolute Gasteiger partial charge is 0.263 e. The Morgan fingerprint density at radius 1 is 1.03 bits per heavy atom. The molecule has 0 aliphatic rings. The highest BCUT2D eigenvalue weighted by molar-refractivity contribution is 6.04. The topological polar surface area (TPSA) is 94.7 Å². The van der Waals surface area contributed by atoms with Gasteiger partial charge in [0.1, 0.15) is 23.4 Å². The van der Waals surface area contributed by atoms with Crippen LogP contribution in [-0.4, -0.2) is 30.2 Å². The van der Waals surface area contributed by atoms with Crippen LogP contribution in [0.1, 0.15) is 56.6 Å². The fraction of sp³-hybridized carbons (Fsp3) is 0.296. The molecule has 0 aliphatic carbocycles. The van der Waals surface area contributed by atoms with Crippen molar-refractivity contribution in [1.82, 2.24) is 24.3 Å². The summed E-state index contributed by atoms with van der Waals surface area (Å²) in [6.07, 6.45) is 3.39. The monoisotopic (exact) mass is 470 g/mol. The van der Waals surface area contributed by atoms with Crippen molar-refractivity contribution in [2.75, 3.05) is 5.32 Å². The molecule has 8 heteroatoms. The lowest BCUT2D eigenvalue weighted by Crippen LogP contribution is -2.27. The Bertz CT molecular complexity index is 1430. The van der Waals surface area contributed by atoms with Crippen molar-refractivity contribution < 1.29 is 4.79 Å². The van der Waals surface area contributed by atoms with Crippen molar-refractivity contribution in [2.24, 2.45) is 7.05 Å². The first kappa shape index (κ1) is 24.1. The Labute approximate surface area is 204 Å². The molecule has 1 aromatic carbocycles. The number of aryl methyl sites for hydroxylation is 1. The summed E-state index contributed by atoms with van der Waals surface area (Å²) in [6, 6.07) is 15.2. The van der Waals surface area contributed by atoms with Crippen LogP contribution in [0.15, 0.2) is 65.8 Å². The van der Waals surface area contributed by atoms with Gasteiger partial charge in [-0.25, -0.2) is 4.98 Å². The van der Waals surface area contributed by atoms with E-state index in [-0.39, 0.29) is 22.6 Å². The van der Waals surface area contributed by atoms with Crippen LogP contribution in [0.2, 0.25) is 0 Å². The van der Waals surface area contributed by atoms with Gasteiger partial charge in [-0.15, -0.1) is 10.2 Å². The van der Waals surface area contributed by atoms with Gasteiger partial charge in [0, 0.05) is 19.3 Å². The van der Waals surface area contributed by atoms with E-state index in [2.05, 4.69) is 53.4 Å². The van der Waals surface area contributed by atoms with Crippen LogP contribution in [0.4, 0.5) is 5.82 Å². The van der Waals surface area contributed by atoms with Crippen LogP contribution in [0.5, 0.6) is 0 Å². The minimum absolute atomic E-state index is 0.0387. The minimum atomic E-state index is -0.520. The summed E-state index contributed by atoms with van der Waals surface area (Å²) in [5.74, 6) is 0.411. The fourth-order valence-corrected chi connectivity index (χ4v) is 3.81. The molecule has 0 fully saturated rings. The first-order valence-electron chi connectivity index (χ1n) is 11.5. The van der Waals surface area contributed by atoms with E-state index in [1.54, 1.807) is 43.8 Å². The van der Waals surface area contributed by atoms with E-state index in [1.165, 1.54) is 10.1 Å². The van der Waals surface area contributed by atoms with Crippen molar-refractivity contribution in [3.05, 3.63) is 82.5 Å². The van der Waals surface area contributed by atoms with Gasteiger partial charge in [-0.05, 0) is 54.2 Å². The highest BCUT2D eigenvalue weighted by atomic mass is 16.2. The summed E-state index contributed by atoms with van der Waals surface area (Å²) in [5, 5.41) is 10.9. The third-order valence-electron chi connectivity index (χ3n) is 5.86. The number of amides is 1. The second-order valence-corrected chi connectivity index (χ2v) is 9.90. The van der Waals surface area contributed by atoms with Crippen molar-refractivity contribution in [3.8, 4) is 22.6 Å². The first-order valence-corrected chi connectivity index (χ1v) is 11.5. The lowest BCUT2D eigenvalue weighted by Gasteiger charge is -2.19. The van der Waals surface area contributed by atoms with E-state index in [9.17, 15) is 9.59 Å². The van der Waals surface area contributed by atoms with E-state index in [0.717, 1.165) is 11.1 Å². The zero-order valence-corrected chi connectivity index (χ0v) is 20.9. The maximum absolute atomic E-state index is 13.1. The van der Waals surface area contributed by atoms with Gasteiger partial charge >= 0.3 is 0 Å². The molecule has 0 unspecified atom stereocenters. The van der Waals surface area contributed by atoms with Crippen LogP contribution in [0.25, 0.3) is 22.6 Å². The number of hydrogen-bond donors (Lipinski definition) is 1. The summed E-state index contributed by atoms with van der Waals surface area (Å²) in [7, 11) is 1.64. The van der Waals surface area contributed by atoms with E-state index in [0.29, 0.717) is 17.3 Å². The average Bonchev–Trinajstić information content (AvgIpc) is 3.31. The molecule has 0 aliphatic heterocycles. The van der Waals surface area contributed by atoms with Crippen LogP contribution in [0.3, 0.4) is 0 Å². The number of carbonyl (C=O) groups excluding carboxylic acids is 1. The van der Waals surface area contributed by atoms with Gasteiger partial charge in [0.05, 0.1) is 0 Å². The molecule has 0 spiro atoms. The van der Waals surface area contributed by atoms with Crippen molar-refractivity contribution in [3.63, 3.8) is 0 Å². The molecule has 3 aromatic heterocycles. The molecule has 0 saturated heterocycles. The molecule has 0 saturated carbocycles. The largest absolute Gasteiger partial charge is 0.317 e. The van der Waals surface area contributed by atoms with Gasteiger partial charge in [-0.2, -0.15) is 0 Å². The molecule has 8 nitrogen and oxygen atoms in total. The van der Waals surface area contributed by atoms with Crippen molar-refractivity contribution in [2.45, 2.75) is 46.1 Å². The molecule has 0 atom stereocenters. The Balaban J connectivity index is 1.64.